The molecule has 2 aromatic heterocycles. The monoisotopic (exact) mass is 466 g/mol. The van der Waals surface area contributed by atoms with Crippen molar-refractivity contribution < 1.29 is 4.57 Å². The molecule has 0 saturated carbocycles. The minimum Gasteiger partial charge on any atom is -0.264 e. The maximum absolute atomic E-state index is 4.50. The molecule has 36 heavy (non-hydrogen) atoms. The number of pyridine rings is 1. The first-order chi connectivity index (χ1) is 17.6. The fourth-order valence-corrected chi connectivity index (χ4v) is 5.26. The molecule has 0 aliphatic rings. The lowest BCUT2D eigenvalue weighted by atomic mass is 9.97. The summed E-state index contributed by atoms with van der Waals surface area (Å²) in [6, 6.07) is 36.7. The van der Waals surface area contributed by atoms with Crippen molar-refractivity contribution >= 4 is 11.0 Å². The van der Waals surface area contributed by atoms with E-state index >= 15 is 0 Å². The summed E-state index contributed by atoms with van der Waals surface area (Å²) in [5.74, 6) is 1.12. The van der Waals surface area contributed by atoms with E-state index in [-0.39, 0.29) is 0 Å². The van der Waals surface area contributed by atoms with Gasteiger partial charge >= 0.3 is 0 Å². The SMILES string of the molecule is Cc1ccncc1-c1n(-c2ccc(-c3ccccc3)cc2-c2ccccc2)c2cccc(C)c2[n+]1C. The normalized spacial score (nSPS) is 11.2. The highest BCUT2D eigenvalue weighted by molar-refractivity contribution is 5.87. The number of imidazole rings is 1. The Balaban J connectivity index is 1.73. The molecule has 0 radical (unpaired) electrons. The molecule has 174 valence electrons. The van der Waals surface area contributed by atoms with Gasteiger partial charge in [-0.1, -0.05) is 78.9 Å². The fourth-order valence-electron chi connectivity index (χ4n) is 5.26. The Kier molecular flexibility index (Phi) is 5.46. The number of hydrogen-bond acceptors (Lipinski definition) is 1. The predicted molar refractivity (Wildman–Crippen MR) is 148 cm³/mol. The molecule has 4 aromatic carbocycles. The molecule has 0 atom stereocenters. The Morgan fingerprint density at radius 2 is 1.36 bits per heavy atom. The van der Waals surface area contributed by atoms with Crippen LogP contribution in [0.4, 0.5) is 0 Å². The molecular weight excluding hydrogens is 438 g/mol. The number of para-hydroxylation sites is 1. The number of rotatable bonds is 4. The first-order valence-electron chi connectivity index (χ1n) is 12.3. The molecule has 0 bridgehead atoms. The third-order valence-corrected chi connectivity index (χ3v) is 7.03. The van der Waals surface area contributed by atoms with Crippen molar-refractivity contribution in [2.24, 2.45) is 7.05 Å². The summed E-state index contributed by atoms with van der Waals surface area (Å²) in [7, 11) is 2.16. The van der Waals surface area contributed by atoms with Crippen molar-refractivity contribution in [2.75, 3.05) is 0 Å². The molecule has 0 saturated heterocycles. The largest absolute Gasteiger partial charge is 0.296 e. The number of benzene rings is 4. The zero-order chi connectivity index (χ0) is 24.6. The second-order valence-corrected chi connectivity index (χ2v) is 9.32. The van der Waals surface area contributed by atoms with Gasteiger partial charge in [0.15, 0.2) is 11.0 Å². The lowest BCUT2D eigenvalue weighted by molar-refractivity contribution is -0.634. The zero-order valence-corrected chi connectivity index (χ0v) is 20.8. The van der Waals surface area contributed by atoms with Gasteiger partial charge in [-0.15, -0.1) is 0 Å². The van der Waals surface area contributed by atoms with Gasteiger partial charge in [0, 0.05) is 23.5 Å². The van der Waals surface area contributed by atoms with Crippen LogP contribution in [0.25, 0.3) is 50.4 Å². The first-order valence-corrected chi connectivity index (χ1v) is 12.3. The zero-order valence-electron chi connectivity index (χ0n) is 20.8. The molecule has 3 nitrogen and oxygen atoms in total. The molecule has 3 heteroatoms. The number of fused-ring (bicyclic) bond motifs is 1. The van der Waals surface area contributed by atoms with E-state index in [1.165, 1.54) is 44.4 Å². The Labute approximate surface area is 212 Å². The number of hydrogen-bond donors (Lipinski definition) is 0. The quantitative estimate of drug-likeness (QED) is 0.247. The van der Waals surface area contributed by atoms with Crippen molar-refractivity contribution in [2.45, 2.75) is 13.8 Å². The standard InChI is InChI=1S/C33H28N3/c1-23-19-20-34-22-29(23)33-35(3)32-24(2)11-10-16-31(32)36(33)30-18-17-27(25-12-6-4-7-13-25)21-28(30)26-14-8-5-9-15-26/h4-22H,1-3H3/q+1. The summed E-state index contributed by atoms with van der Waals surface area (Å²) in [5.41, 5.74) is 11.9. The van der Waals surface area contributed by atoms with Crippen LogP contribution in [-0.2, 0) is 7.05 Å². The van der Waals surface area contributed by atoms with Gasteiger partial charge in [-0.2, -0.15) is 4.57 Å². The van der Waals surface area contributed by atoms with E-state index in [0.717, 1.165) is 17.1 Å². The Bertz CT molecular complexity index is 1700. The summed E-state index contributed by atoms with van der Waals surface area (Å²) in [4.78, 5) is 4.50. The van der Waals surface area contributed by atoms with Gasteiger partial charge in [-0.05, 0) is 60.4 Å². The van der Waals surface area contributed by atoms with E-state index in [0.29, 0.717) is 0 Å². The van der Waals surface area contributed by atoms with E-state index in [2.05, 4.69) is 138 Å². The third-order valence-electron chi connectivity index (χ3n) is 7.03. The van der Waals surface area contributed by atoms with Gasteiger partial charge in [0.1, 0.15) is 5.69 Å². The Morgan fingerprint density at radius 3 is 2.08 bits per heavy atom. The molecule has 2 heterocycles. The van der Waals surface area contributed by atoms with Crippen LogP contribution < -0.4 is 4.57 Å². The van der Waals surface area contributed by atoms with Crippen LogP contribution in [-0.4, -0.2) is 9.55 Å². The summed E-state index contributed by atoms with van der Waals surface area (Å²) >= 11 is 0. The average molecular weight is 467 g/mol. The molecule has 0 unspecified atom stereocenters. The van der Waals surface area contributed by atoms with Crippen molar-refractivity contribution in [3.8, 4) is 39.3 Å². The highest BCUT2D eigenvalue weighted by atomic mass is 15.2. The molecule has 6 rings (SSSR count). The van der Waals surface area contributed by atoms with Gasteiger partial charge < -0.3 is 0 Å². The van der Waals surface area contributed by atoms with Gasteiger partial charge in [0.05, 0.1) is 12.6 Å². The van der Waals surface area contributed by atoms with E-state index in [9.17, 15) is 0 Å². The predicted octanol–water partition coefficient (Wildman–Crippen LogP) is 7.47. The summed E-state index contributed by atoms with van der Waals surface area (Å²) in [6.45, 7) is 4.34. The van der Waals surface area contributed by atoms with Crippen molar-refractivity contribution in [3.63, 3.8) is 0 Å². The molecule has 0 N–H and O–H groups in total. The molecule has 6 aromatic rings. The van der Waals surface area contributed by atoms with Crippen LogP contribution in [0, 0.1) is 13.8 Å². The molecule has 0 aliphatic heterocycles. The van der Waals surface area contributed by atoms with Crippen molar-refractivity contribution in [1.29, 1.82) is 0 Å². The van der Waals surface area contributed by atoms with E-state index < -0.39 is 0 Å². The molecule has 0 spiro atoms. The Morgan fingerprint density at radius 1 is 0.639 bits per heavy atom. The van der Waals surface area contributed by atoms with Gasteiger partial charge in [0.2, 0.25) is 0 Å². The maximum Gasteiger partial charge on any atom is 0.296 e. The van der Waals surface area contributed by atoms with Crippen LogP contribution in [0.1, 0.15) is 11.1 Å². The number of aromatic nitrogens is 3. The summed E-state index contributed by atoms with van der Waals surface area (Å²) < 4.78 is 4.72. The average Bonchev–Trinajstić information content (AvgIpc) is 3.22. The van der Waals surface area contributed by atoms with Crippen molar-refractivity contribution in [3.05, 3.63) is 127 Å². The van der Waals surface area contributed by atoms with E-state index in [1.807, 2.05) is 12.4 Å². The van der Waals surface area contributed by atoms with E-state index in [1.54, 1.807) is 0 Å². The van der Waals surface area contributed by atoms with Gasteiger partial charge in [-0.25, -0.2) is 4.57 Å². The van der Waals surface area contributed by atoms with Crippen LogP contribution in [0.2, 0.25) is 0 Å². The molecule has 0 amide bonds. The highest BCUT2D eigenvalue weighted by Gasteiger charge is 2.29. The van der Waals surface area contributed by atoms with Crippen LogP contribution >= 0.6 is 0 Å². The lowest BCUT2D eigenvalue weighted by Crippen LogP contribution is -2.31. The summed E-state index contributed by atoms with van der Waals surface area (Å²) in [5, 5.41) is 0. The smallest absolute Gasteiger partial charge is 0.264 e. The summed E-state index contributed by atoms with van der Waals surface area (Å²) in [6.07, 6.45) is 3.84. The van der Waals surface area contributed by atoms with Crippen LogP contribution in [0.5, 0.6) is 0 Å². The van der Waals surface area contributed by atoms with Gasteiger partial charge in [0.25, 0.3) is 5.82 Å². The number of aryl methyl sites for hydroxylation is 3. The topological polar surface area (TPSA) is 21.7 Å². The minimum absolute atomic E-state index is 1.12. The van der Waals surface area contributed by atoms with Crippen molar-refractivity contribution in [1.82, 2.24) is 9.55 Å². The maximum atomic E-state index is 4.50. The molecule has 0 fully saturated rings. The fraction of sp³-hybridized carbons (Fsp3) is 0.0909. The van der Waals surface area contributed by atoms with E-state index in [4.69, 9.17) is 0 Å². The van der Waals surface area contributed by atoms with Crippen LogP contribution in [0.15, 0.2) is 116 Å². The minimum atomic E-state index is 1.12. The lowest BCUT2D eigenvalue weighted by Gasteiger charge is -2.13. The molecule has 0 aliphatic carbocycles. The molecular formula is C33H28N3+. The second-order valence-electron chi connectivity index (χ2n) is 9.32. The van der Waals surface area contributed by atoms with Gasteiger partial charge in [-0.3, -0.25) is 4.98 Å². The Hall–Kier alpha value is -4.50. The van der Waals surface area contributed by atoms with Crippen LogP contribution in [0.3, 0.4) is 0 Å². The first kappa shape index (κ1) is 22.0. The second kappa shape index (κ2) is 8.94. The third kappa shape index (κ3) is 3.61. The highest BCUT2D eigenvalue weighted by Crippen LogP contribution is 2.37. The number of nitrogens with zero attached hydrogens (tertiary/aromatic N) is 3.